The van der Waals surface area contributed by atoms with Crippen LogP contribution in [0.1, 0.15) is 26.2 Å². The van der Waals surface area contributed by atoms with Gasteiger partial charge in [0.2, 0.25) is 0 Å². The van der Waals surface area contributed by atoms with Gasteiger partial charge >= 0.3 is 6.03 Å². The van der Waals surface area contributed by atoms with E-state index in [9.17, 15) is 4.79 Å². The van der Waals surface area contributed by atoms with Crippen molar-refractivity contribution < 1.29 is 9.53 Å². The topological polar surface area (TPSA) is 62.4 Å². The number of amides is 2. The molecule has 3 N–H and O–H groups in total. The van der Waals surface area contributed by atoms with Crippen molar-refractivity contribution in [1.29, 1.82) is 0 Å². The first-order valence-electron chi connectivity index (χ1n) is 6.05. The van der Waals surface area contributed by atoms with Gasteiger partial charge in [0, 0.05) is 18.7 Å². The van der Waals surface area contributed by atoms with E-state index in [0.717, 1.165) is 26.0 Å². The van der Waals surface area contributed by atoms with Crippen LogP contribution in [0.5, 0.6) is 0 Å². The molecule has 2 saturated heterocycles. The average Bonchev–Trinajstić information content (AvgIpc) is 2.88. The van der Waals surface area contributed by atoms with Gasteiger partial charge in [-0.25, -0.2) is 4.79 Å². The molecule has 0 radical (unpaired) electrons. The summed E-state index contributed by atoms with van der Waals surface area (Å²) < 4.78 is 5.20. The van der Waals surface area contributed by atoms with Gasteiger partial charge in [-0.05, 0) is 32.7 Å². The van der Waals surface area contributed by atoms with Crippen LogP contribution in [0.2, 0.25) is 0 Å². The zero-order valence-corrected chi connectivity index (χ0v) is 9.84. The van der Waals surface area contributed by atoms with Crippen LogP contribution < -0.4 is 16.0 Å². The van der Waals surface area contributed by atoms with E-state index in [1.165, 1.54) is 6.42 Å². The van der Waals surface area contributed by atoms with Gasteiger partial charge in [-0.2, -0.15) is 0 Å². The summed E-state index contributed by atoms with van der Waals surface area (Å²) in [7, 11) is 0. The molecule has 2 unspecified atom stereocenters. The van der Waals surface area contributed by atoms with Gasteiger partial charge in [0.1, 0.15) is 0 Å². The Labute approximate surface area is 96.3 Å². The van der Waals surface area contributed by atoms with E-state index in [1.54, 1.807) is 0 Å². The monoisotopic (exact) mass is 227 g/mol. The molecule has 92 valence electrons. The summed E-state index contributed by atoms with van der Waals surface area (Å²) in [4.78, 5) is 11.6. The van der Waals surface area contributed by atoms with Crippen molar-refractivity contribution >= 4 is 6.03 Å². The third-order valence-electron chi connectivity index (χ3n) is 3.36. The number of hydrogen-bond donors (Lipinski definition) is 3. The Hall–Kier alpha value is -0.810. The SMILES string of the molecule is CC1(CNC(=O)NC2CCOC2)CCCN1. The average molecular weight is 227 g/mol. The van der Waals surface area contributed by atoms with Crippen LogP contribution in [0.4, 0.5) is 4.79 Å². The molecule has 2 heterocycles. The van der Waals surface area contributed by atoms with Crippen LogP contribution in [0, 0.1) is 0 Å². The van der Waals surface area contributed by atoms with Crippen molar-refractivity contribution in [2.45, 2.75) is 37.8 Å². The second-order valence-corrected chi connectivity index (χ2v) is 4.98. The number of nitrogens with one attached hydrogen (secondary N) is 3. The van der Waals surface area contributed by atoms with Gasteiger partial charge < -0.3 is 20.7 Å². The summed E-state index contributed by atoms with van der Waals surface area (Å²) in [6.07, 6.45) is 3.24. The number of hydrogen-bond acceptors (Lipinski definition) is 3. The molecule has 0 aromatic heterocycles. The Balaban J connectivity index is 1.66. The molecule has 16 heavy (non-hydrogen) atoms. The Morgan fingerprint density at radius 1 is 1.62 bits per heavy atom. The maximum atomic E-state index is 11.6. The molecule has 0 saturated carbocycles. The van der Waals surface area contributed by atoms with Crippen LogP contribution in [-0.2, 0) is 4.74 Å². The van der Waals surface area contributed by atoms with Crippen molar-refractivity contribution in [3.05, 3.63) is 0 Å². The van der Waals surface area contributed by atoms with Crippen molar-refractivity contribution in [1.82, 2.24) is 16.0 Å². The van der Waals surface area contributed by atoms with E-state index in [-0.39, 0.29) is 17.6 Å². The molecule has 2 aliphatic rings. The quantitative estimate of drug-likeness (QED) is 0.646. The van der Waals surface area contributed by atoms with Crippen LogP contribution >= 0.6 is 0 Å². The zero-order valence-electron chi connectivity index (χ0n) is 9.84. The fourth-order valence-electron chi connectivity index (χ4n) is 2.27. The van der Waals surface area contributed by atoms with E-state index >= 15 is 0 Å². The van der Waals surface area contributed by atoms with E-state index in [1.807, 2.05) is 0 Å². The second kappa shape index (κ2) is 5.01. The summed E-state index contributed by atoms with van der Waals surface area (Å²) in [5.41, 5.74) is 0.0729. The standard InChI is InChI=1S/C11H21N3O2/c1-11(4-2-5-13-11)8-12-10(15)14-9-3-6-16-7-9/h9,13H,2-8H2,1H3,(H2,12,14,15). The maximum absolute atomic E-state index is 11.6. The fourth-order valence-corrected chi connectivity index (χ4v) is 2.27. The van der Waals surface area contributed by atoms with Gasteiger partial charge in [-0.15, -0.1) is 0 Å². The molecule has 0 aromatic rings. The minimum Gasteiger partial charge on any atom is -0.379 e. The second-order valence-electron chi connectivity index (χ2n) is 4.98. The summed E-state index contributed by atoms with van der Waals surface area (Å²) in [5.74, 6) is 0. The number of urea groups is 1. The molecular weight excluding hydrogens is 206 g/mol. The lowest BCUT2D eigenvalue weighted by molar-refractivity contribution is 0.188. The highest BCUT2D eigenvalue weighted by atomic mass is 16.5. The lowest BCUT2D eigenvalue weighted by atomic mass is 10.0. The number of ether oxygens (including phenoxy) is 1. The Morgan fingerprint density at radius 3 is 3.12 bits per heavy atom. The van der Waals surface area contributed by atoms with Gasteiger partial charge in [0.05, 0.1) is 12.6 Å². The Kier molecular flexibility index (Phi) is 3.66. The summed E-state index contributed by atoms with van der Waals surface area (Å²) >= 11 is 0. The highest BCUT2D eigenvalue weighted by Crippen LogP contribution is 2.16. The normalized spacial score (nSPS) is 33.9. The fraction of sp³-hybridized carbons (Fsp3) is 0.909. The molecule has 2 atom stereocenters. The number of carbonyl (C=O) groups is 1. The molecule has 2 aliphatic heterocycles. The maximum Gasteiger partial charge on any atom is 0.315 e. The van der Waals surface area contributed by atoms with E-state index in [4.69, 9.17) is 4.74 Å². The molecule has 5 nitrogen and oxygen atoms in total. The molecule has 0 aromatic carbocycles. The predicted molar refractivity (Wildman–Crippen MR) is 61.4 cm³/mol. The lowest BCUT2D eigenvalue weighted by Crippen LogP contribution is -2.51. The first kappa shape index (κ1) is 11.7. The molecule has 2 rings (SSSR count). The van der Waals surface area contributed by atoms with Gasteiger partial charge in [0.15, 0.2) is 0 Å². The largest absolute Gasteiger partial charge is 0.379 e. The van der Waals surface area contributed by atoms with Crippen molar-refractivity contribution in [3.63, 3.8) is 0 Å². The van der Waals surface area contributed by atoms with Crippen LogP contribution in [-0.4, -0.2) is 43.9 Å². The van der Waals surface area contributed by atoms with Gasteiger partial charge in [0.25, 0.3) is 0 Å². The summed E-state index contributed by atoms with van der Waals surface area (Å²) in [6, 6.07) is 0.106. The van der Waals surface area contributed by atoms with Gasteiger partial charge in [-0.3, -0.25) is 0 Å². The highest BCUT2D eigenvalue weighted by Gasteiger charge is 2.28. The van der Waals surface area contributed by atoms with E-state index in [0.29, 0.717) is 13.2 Å². The highest BCUT2D eigenvalue weighted by molar-refractivity contribution is 5.74. The van der Waals surface area contributed by atoms with Gasteiger partial charge in [-0.1, -0.05) is 0 Å². The summed E-state index contributed by atoms with van der Waals surface area (Å²) in [6.45, 7) is 5.29. The zero-order chi connectivity index (χ0) is 11.4. The molecular formula is C11H21N3O2. The smallest absolute Gasteiger partial charge is 0.315 e. The molecule has 0 bridgehead atoms. The first-order valence-corrected chi connectivity index (χ1v) is 6.05. The number of rotatable bonds is 3. The molecule has 5 heteroatoms. The predicted octanol–water partition coefficient (Wildman–Crippen LogP) is 0.217. The number of carbonyl (C=O) groups excluding carboxylic acids is 1. The van der Waals surface area contributed by atoms with Crippen LogP contribution in [0.25, 0.3) is 0 Å². The lowest BCUT2D eigenvalue weighted by Gasteiger charge is -2.25. The van der Waals surface area contributed by atoms with Crippen LogP contribution in [0.15, 0.2) is 0 Å². The van der Waals surface area contributed by atoms with E-state index in [2.05, 4.69) is 22.9 Å². The minimum atomic E-state index is -0.0783. The first-order chi connectivity index (χ1) is 7.68. The van der Waals surface area contributed by atoms with E-state index < -0.39 is 0 Å². The Morgan fingerprint density at radius 2 is 2.50 bits per heavy atom. The van der Waals surface area contributed by atoms with Crippen molar-refractivity contribution in [2.75, 3.05) is 26.3 Å². The third kappa shape index (κ3) is 3.09. The summed E-state index contributed by atoms with van der Waals surface area (Å²) in [5, 5.41) is 9.26. The molecule has 0 spiro atoms. The van der Waals surface area contributed by atoms with Crippen molar-refractivity contribution in [3.8, 4) is 0 Å². The van der Waals surface area contributed by atoms with Crippen molar-refractivity contribution in [2.24, 2.45) is 0 Å². The Bertz CT molecular complexity index is 246. The minimum absolute atomic E-state index is 0.0729. The molecule has 2 amide bonds. The third-order valence-corrected chi connectivity index (χ3v) is 3.36. The molecule has 0 aliphatic carbocycles. The van der Waals surface area contributed by atoms with Crippen LogP contribution in [0.3, 0.4) is 0 Å². The molecule has 2 fully saturated rings.